The number of aromatic nitrogens is 4. The molecule has 5 N–H and O–H groups in total. The molecule has 2 fully saturated rings. The number of hydrogen-bond donors (Lipinski definition) is 4. The van der Waals surface area contributed by atoms with Crippen molar-refractivity contribution in [2.75, 3.05) is 36.5 Å². The van der Waals surface area contributed by atoms with Gasteiger partial charge >= 0.3 is 0 Å². The number of rotatable bonds is 5. The Morgan fingerprint density at radius 1 is 1.13 bits per heavy atom. The Bertz CT molecular complexity index is 1470. The summed E-state index contributed by atoms with van der Waals surface area (Å²) in [6, 6.07) is 6.86. The summed E-state index contributed by atoms with van der Waals surface area (Å²) in [5.41, 5.74) is 6.72. The normalized spacial score (nSPS) is 22.9. The summed E-state index contributed by atoms with van der Waals surface area (Å²) >= 11 is 0. The van der Waals surface area contributed by atoms with Crippen molar-refractivity contribution in [3.8, 4) is 11.3 Å². The first-order valence-electron chi connectivity index (χ1n) is 12.3. The predicted octanol–water partition coefficient (Wildman–Crippen LogP) is 2.18. The van der Waals surface area contributed by atoms with Crippen molar-refractivity contribution in [3.63, 3.8) is 0 Å². The third-order valence-corrected chi connectivity index (χ3v) is 7.25. The maximum Gasteiger partial charge on any atom is 0.229 e. The van der Waals surface area contributed by atoms with Gasteiger partial charge in [-0.2, -0.15) is 9.61 Å². The van der Waals surface area contributed by atoms with Gasteiger partial charge in [-0.15, -0.1) is 0 Å². The third-order valence-electron chi connectivity index (χ3n) is 7.25. The van der Waals surface area contributed by atoms with Crippen LogP contribution in [0.1, 0.15) is 12.5 Å². The Kier molecular flexibility index (Phi) is 5.99. The molecule has 3 aromatic heterocycles. The van der Waals surface area contributed by atoms with Crippen molar-refractivity contribution in [2.24, 2.45) is 11.7 Å². The van der Waals surface area contributed by atoms with Crippen LogP contribution in [0, 0.1) is 17.6 Å². The predicted molar refractivity (Wildman–Crippen MR) is 136 cm³/mol. The second kappa shape index (κ2) is 9.24. The SMILES string of the molecule is CC1CN(c2ccncc2Nc2ncc3ccc(-c4c(F)cc(C5(O)COC5)cc4F)nn23)CC(N)C1O. The van der Waals surface area contributed by atoms with Gasteiger partial charge in [-0.25, -0.2) is 13.8 Å². The number of halogens is 2. The van der Waals surface area contributed by atoms with Crippen LogP contribution in [0.2, 0.25) is 0 Å². The number of piperidine rings is 1. The lowest BCUT2D eigenvalue weighted by molar-refractivity contribution is -0.184. The molecule has 3 atom stereocenters. The molecule has 0 bridgehead atoms. The van der Waals surface area contributed by atoms with E-state index in [4.69, 9.17) is 10.5 Å². The third kappa shape index (κ3) is 4.15. The van der Waals surface area contributed by atoms with Crippen molar-refractivity contribution in [3.05, 3.63) is 66.1 Å². The minimum atomic E-state index is -1.39. The van der Waals surface area contributed by atoms with Gasteiger partial charge in [0.05, 0.1) is 59.9 Å². The number of pyridine rings is 1. The molecule has 0 saturated carbocycles. The van der Waals surface area contributed by atoms with Crippen LogP contribution in [0.4, 0.5) is 26.1 Å². The molecule has 38 heavy (non-hydrogen) atoms. The number of aliphatic hydroxyl groups excluding tert-OH is 1. The summed E-state index contributed by atoms with van der Waals surface area (Å²) in [6.45, 7) is 2.99. The lowest BCUT2D eigenvalue weighted by Crippen LogP contribution is -2.55. The fraction of sp³-hybridized carbons (Fsp3) is 0.346. The van der Waals surface area contributed by atoms with Gasteiger partial charge in [-0.3, -0.25) is 4.98 Å². The Morgan fingerprint density at radius 3 is 2.58 bits per heavy atom. The average molecular weight is 524 g/mol. The van der Waals surface area contributed by atoms with Crippen molar-refractivity contribution in [1.82, 2.24) is 19.6 Å². The molecular weight excluding hydrogens is 496 g/mol. The monoisotopic (exact) mass is 523 g/mol. The van der Waals surface area contributed by atoms with E-state index in [-0.39, 0.29) is 36.0 Å². The van der Waals surface area contributed by atoms with Crippen LogP contribution in [-0.2, 0) is 10.3 Å². The zero-order valence-electron chi connectivity index (χ0n) is 20.6. The van der Waals surface area contributed by atoms with E-state index in [2.05, 4.69) is 25.3 Å². The first kappa shape index (κ1) is 24.6. The van der Waals surface area contributed by atoms with Crippen LogP contribution in [0.15, 0.2) is 48.9 Å². The lowest BCUT2D eigenvalue weighted by Gasteiger charge is -2.40. The van der Waals surface area contributed by atoms with Crippen molar-refractivity contribution in [2.45, 2.75) is 24.7 Å². The van der Waals surface area contributed by atoms with Crippen LogP contribution in [-0.4, -0.2) is 68.2 Å². The standard InChI is InChI=1S/C26H27F2N7O3/c1-14-10-34(11-19(29)24(14)36)22-4-5-30-9-21(22)32-25-31-8-16-2-3-20(33-35(16)25)23-17(27)6-15(7-18(23)28)26(37)12-38-13-26/h2-9,14,19,24,36-37H,10-13,29H2,1H3,(H,31,32). The smallest absolute Gasteiger partial charge is 0.229 e. The average Bonchev–Trinajstić information content (AvgIpc) is 3.27. The zero-order chi connectivity index (χ0) is 26.6. The molecular formula is C26H27F2N7O3. The molecule has 5 heterocycles. The van der Waals surface area contributed by atoms with Crippen molar-refractivity contribution in [1.29, 1.82) is 0 Å². The van der Waals surface area contributed by atoms with Gasteiger partial charge in [0.1, 0.15) is 17.2 Å². The number of benzene rings is 1. The van der Waals surface area contributed by atoms with E-state index in [0.29, 0.717) is 30.2 Å². The maximum atomic E-state index is 15.1. The summed E-state index contributed by atoms with van der Waals surface area (Å²) in [7, 11) is 0. The van der Waals surface area contributed by atoms with Crippen molar-refractivity contribution < 1.29 is 23.7 Å². The number of nitrogens with zero attached hydrogens (tertiary/aromatic N) is 5. The molecule has 12 heteroatoms. The molecule has 2 aliphatic rings. The molecule has 1 aromatic carbocycles. The molecule has 0 amide bonds. The molecule has 3 unspecified atom stereocenters. The van der Waals surface area contributed by atoms with E-state index >= 15 is 8.78 Å². The van der Waals surface area contributed by atoms with Gasteiger partial charge in [0.25, 0.3) is 0 Å². The van der Waals surface area contributed by atoms with E-state index in [9.17, 15) is 10.2 Å². The van der Waals surface area contributed by atoms with Crippen LogP contribution >= 0.6 is 0 Å². The van der Waals surface area contributed by atoms with Gasteiger partial charge in [0.15, 0.2) is 0 Å². The van der Waals surface area contributed by atoms with E-state index in [1.807, 2.05) is 13.0 Å². The second-order valence-electron chi connectivity index (χ2n) is 10.0. The highest BCUT2D eigenvalue weighted by Gasteiger charge is 2.39. The second-order valence-corrected chi connectivity index (χ2v) is 10.0. The molecule has 10 nitrogen and oxygen atoms in total. The molecule has 2 aliphatic heterocycles. The molecule has 0 spiro atoms. The number of ether oxygens (including phenoxy) is 1. The summed E-state index contributed by atoms with van der Waals surface area (Å²) < 4.78 is 36.7. The minimum Gasteiger partial charge on any atom is -0.391 e. The number of nitrogens with one attached hydrogen (secondary N) is 1. The Morgan fingerprint density at radius 2 is 1.89 bits per heavy atom. The van der Waals surface area contributed by atoms with Gasteiger partial charge in [0, 0.05) is 31.2 Å². The summed E-state index contributed by atoms with van der Waals surface area (Å²) in [5, 5.41) is 28.4. The summed E-state index contributed by atoms with van der Waals surface area (Å²) in [4.78, 5) is 10.7. The number of hydrogen-bond acceptors (Lipinski definition) is 9. The molecule has 198 valence electrons. The largest absolute Gasteiger partial charge is 0.391 e. The highest BCUT2D eigenvalue weighted by Crippen LogP contribution is 2.35. The van der Waals surface area contributed by atoms with Gasteiger partial charge in [-0.05, 0) is 35.9 Å². The maximum absolute atomic E-state index is 15.1. The van der Waals surface area contributed by atoms with Crippen LogP contribution < -0.4 is 16.0 Å². The Labute approximate surface area is 216 Å². The first-order chi connectivity index (χ1) is 18.2. The van der Waals surface area contributed by atoms with Crippen LogP contribution in [0.3, 0.4) is 0 Å². The highest BCUT2D eigenvalue weighted by molar-refractivity contribution is 5.74. The Hall–Kier alpha value is -3.71. The van der Waals surface area contributed by atoms with Gasteiger partial charge < -0.3 is 30.9 Å². The summed E-state index contributed by atoms with van der Waals surface area (Å²) in [6.07, 6.45) is 4.33. The van der Waals surface area contributed by atoms with E-state index in [1.54, 1.807) is 24.7 Å². The number of aliphatic hydroxyl groups is 2. The van der Waals surface area contributed by atoms with Crippen molar-refractivity contribution >= 4 is 22.8 Å². The molecule has 0 radical (unpaired) electrons. The lowest BCUT2D eigenvalue weighted by atomic mass is 9.90. The fourth-order valence-corrected chi connectivity index (χ4v) is 5.04. The number of nitrogens with two attached hydrogens (primary N) is 1. The van der Waals surface area contributed by atoms with E-state index in [1.165, 1.54) is 10.6 Å². The number of anilines is 3. The topological polar surface area (TPSA) is 134 Å². The zero-order valence-corrected chi connectivity index (χ0v) is 20.6. The minimum absolute atomic E-state index is 0.0152. The highest BCUT2D eigenvalue weighted by atomic mass is 19.1. The number of fused-ring (bicyclic) bond motifs is 1. The molecule has 0 aliphatic carbocycles. The van der Waals surface area contributed by atoms with Crippen LogP contribution in [0.25, 0.3) is 16.8 Å². The first-order valence-corrected chi connectivity index (χ1v) is 12.3. The summed E-state index contributed by atoms with van der Waals surface area (Å²) in [5.74, 6) is -1.38. The van der Waals surface area contributed by atoms with E-state index < -0.39 is 29.4 Å². The van der Waals surface area contributed by atoms with Crippen LogP contribution in [0.5, 0.6) is 0 Å². The molecule has 4 aromatic rings. The van der Waals surface area contributed by atoms with Gasteiger partial charge in [0.2, 0.25) is 5.95 Å². The van der Waals surface area contributed by atoms with Gasteiger partial charge in [-0.1, -0.05) is 6.92 Å². The fourth-order valence-electron chi connectivity index (χ4n) is 5.04. The Balaban J connectivity index is 1.34. The quantitative estimate of drug-likeness (QED) is 0.311. The molecule has 6 rings (SSSR count). The number of imidazole rings is 1. The van der Waals surface area contributed by atoms with E-state index in [0.717, 1.165) is 17.8 Å². The molecule has 2 saturated heterocycles.